The first-order chi connectivity index (χ1) is 11.8. The quantitative estimate of drug-likeness (QED) is 0.761. The smallest absolute Gasteiger partial charge is 0.261 e. The van der Waals surface area contributed by atoms with Crippen molar-refractivity contribution < 1.29 is 4.79 Å². The van der Waals surface area contributed by atoms with Gasteiger partial charge >= 0.3 is 0 Å². The van der Waals surface area contributed by atoms with Crippen LogP contribution in [0.4, 0.5) is 0 Å². The van der Waals surface area contributed by atoms with Gasteiger partial charge in [0.1, 0.15) is 18.1 Å². The van der Waals surface area contributed by atoms with Crippen LogP contribution in [0.25, 0.3) is 10.9 Å². The van der Waals surface area contributed by atoms with Crippen LogP contribution in [0.3, 0.4) is 0 Å². The van der Waals surface area contributed by atoms with Crippen molar-refractivity contribution in [2.75, 3.05) is 0 Å². The van der Waals surface area contributed by atoms with Gasteiger partial charge < -0.3 is 5.32 Å². The van der Waals surface area contributed by atoms with Crippen LogP contribution in [0.5, 0.6) is 0 Å². The molecule has 0 saturated heterocycles. The zero-order valence-electron chi connectivity index (χ0n) is 14.6. The Morgan fingerprint density at radius 3 is 2.68 bits per heavy atom. The van der Waals surface area contributed by atoms with Crippen LogP contribution < -0.4 is 10.9 Å². The number of nitrogens with one attached hydrogen (secondary N) is 1. The summed E-state index contributed by atoms with van der Waals surface area (Å²) in [5.41, 5.74) is 0.341. The minimum Gasteiger partial charge on any atom is -0.344 e. The molecule has 0 aliphatic carbocycles. The van der Waals surface area contributed by atoms with E-state index in [9.17, 15) is 9.59 Å². The van der Waals surface area contributed by atoms with E-state index >= 15 is 0 Å². The van der Waals surface area contributed by atoms with E-state index in [-0.39, 0.29) is 18.0 Å². The van der Waals surface area contributed by atoms with E-state index < -0.39 is 5.54 Å². The topological polar surface area (TPSA) is 94.7 Å². The molecule has 0 atom stereocenters. The van der Waals surface area contributed by atoms with E-state index in [4.69, 9.17) is 0 Å². The van der Waals surface area contributed by atoms with Gasteiger partial charge in [-0.2, -0.15) is 0 Å². The van der Waals surface area contributed by atoms with Crippen molar-refractivity contribution in [1.29, 1.82) is 0 Å². The monoisotopic (exact) mass is 340 g/mol. The fourth-order valence-corrected chi connectivity index (χ4v) is 2.69. The second-order valence-electron chi connectivity index (χ2n) is 6.52. The van der Waals surface area contributed by atoms with Gasteiger partial charge in [-0.25, -0.2) is 4.98 Å². The maximum atomic E-state index is 12.6. The highest BCUT2D eigenvalue weighted by Crippen LogP contribution is 2.16. The highest BCUT2D eigenvalue weighted by atomic mass is 16.2. The summed E-state index contributed by atoms with van der Waals surface area (Å²) in [7, 11) is 1.76. The van der Waals surface area contributed by atoms with Gasteiger partial charge in [-0.05, 0) is 32.9 Å². The number of hydrogen-bond donors (Lipinski definition) is 1. The number of aromatic nitrogens is 5. The van der Waals surface area contributed by atoms with E-state index in [1.54, 1.807) is 43.0 Å². The van der Waals surface area contributed by atoms with Crippen molar-refractivity contribution in [3.05, 3.63) is 52.3 Å². The lowest BCUT2D eigenvalue weighted by molar-refractivity contribution is -0.123. The molecule has 25 heavy (non-hydrogen) atoms. The molecular weight excluding hydrogens is 320 g/mol. The third-order valence-electron chi connectivity index (χ3n) is 4.05. The Bertz CT molecular complexity index is 1000. The predicted molar refractivity (Wildman–Crippen MR) is 92.9 cm³/mol. The Morgan fingerprint density at radius 2 is 2.00 bits per heavy atom. The van der Waals surface area contributed by atoms with Gasteiger partial charge in [-0.1, -0.05) is 17.3 Å². The number of fused-ring (bicyclic) bond motifs is 1. The Kier molecular flexibility index (Phi) is 4.12. The van der Waals surface area contributed by atoms with Crippen molar-refractivity contribution in [3.8, 4) is 0 Å². The molecular formula is C17H20N6O2. The molecule has 1 N–H and O–H groups in total. The highest BCUT2D eigenvalue weighted by molar-refractivity contribution is 5.79. The maximum Gasteiger partial charge on any atom is 0.261 e. The van der Waals surface area contributed by atoms with Gasteiger partial charge in [-0.3, -0.25) is 18.8 Å². The lowest BCUT2D eigenvalue weighted by Gasteiger charge is -2.24. The van der Waals surface area contributed by atoms with Gasteiger partial charge in [0.05, 0.1) is 22.6 Å². The van der Waals surface area contributed by atoms with Crippen LogP contribution >= 0.6 is 0 Å². The number of para-hydroxylation sites is 1. The van der Waals surface area contributed by atoms with E-state index in [1.807, 2.05) is 19.9 Å². The Balaban J connectivity index is 1.86. The minimum atomic E-state index is -0.701. The molecule has 130 valence electrons. The summed E-state index contributed by atoms with van der Waals surface area (Å²) in [6, 6.07) is 7.10. The molecule has 8 nitrogen and oxygen atoms in total. The van der Waals surface area contributed by atoms with Gasteiger partial charge in [0.15, 0.2) is 0 Å². The summed E-state index contributed by atoms with van der Waals surface area (Å²) in [5, 5.41) is 11.3. The summed E-state index contributed by atoms with van der Waals surface area (Å²) < 4.78 is 2.95. The first-order valence-corrected chi connectivity index (χ1v) is 7.92. The Labute approximate surface area is 144 Å². The summed E-state index contributed by atoms with van der Waals surface area (Å²) in [6.07, 6.45) is 1.75. The number of amides is 1. The summed E-state index contributed by atoms with van der Waals surface area (Å²) in [4.78, 5) is 29.5. The van der Waals surface area contributed by atoms with Crippen LogP contribution in [0.2, 0.25) is 0 Å². The van der Waals surface area contributed by atoms with Crippen LogP contribution in [-0.4, -0.2) is 30.5 Å². The Hall–Kier alpha value is -3.03. The molecule has 2 aromatic heterocycles. The zero-order chi connectivity index (χ0) is 18.2. The summed E-state index contributed by atoms with van der Waals surface area (Å²) >= 11 is 0. The van der Waals surface area contributed by atoms with Crippen LogP contribution in [0.1, 0.15) is 25.4 Å². The minimum absolute atomic E-state index is 0.105. The normalized spacial score (nSPS) is 11.7. The second kappa shape index (κ2) is 6.12. The number of aryl methyl sites for hydroxylation is 2. The number of hydrogen-bond acceptors (Lipinski definition) is 5. The van der Waals surface area contributed by atoms with Crippen molar-refractivity contribution in [1.82, 2.24) is 29.9 Å². The molecule has 1 aromatic carbocycles. The molecule has 0 spiro atoms. The summed E-state index contributed by atoms with van der Waals surface area (Å²) in [6.45, 7) is 5.29. The molecule has 3 rings (SSSR count). The average Bonchev–Trinajstić information content (AvgIpc) is 2.98. The van der Waals surface area contributed by atoms with E-state index in [1.165, 1.54) is 4.57 Å². The van der Waals surface area contributed by atoms with Crippen LogP contribution in [-0.2, 0) is 23.9 Å². The molecule has 2 heterocycles. The van der Waals surface area contributed by atoms with Crippen molar-refractivity contribution in [3.63, 3.8) is 0 Å². The van der Waals surface area contributed by atoms with E-state index in [0.717, 1.165) is 0 Å². The molecule has 0 radical (unpaired) electrons. The second-order valence-corrected chi connectivity index (χ2v) is 6.52. The average molecular weight is 340 g/mol. The molecule has 0 aliphatic rings. The van der Waals surface area contributed by atoms with Crippen LogP contribution in [0, 0.1) is 6.92 Å². The molecule has 3 aromatic rings. The zero-order valence-corrected chi connectivity index (χ0v) is 14.6. The Morgan fingerprint density at radius 1 is 1.28 bits per heavy atom. The maximum absolute atomic E-state index is 12.6. The fraction of sp³-hybridized carbons (Fsp3) is 0.353. The van der Waals surface area contributed by atoms with Crippen LogP contribution in [0.15, 0.2) is 35.3 Å². The summed E-state index contributed by atoms with van der Waals surface area (Å²) in [5.74, 6) is 0.203. The van der Waals surface area contributed by atoms with Crippen molar-refractivity contribution in [2.24, 2.45) is 7.05 Å². The van der Waals surface area contributed by atoms with Gasteiger partial charge in [-0.15, -0.1) is 5.10 Å². The first-order valence-electron chi connectivity index (χ1n) is 7.92. The largest absolute Gasteiger partial charge is 0.344 e. The predicted octanol–water partition coefficient (Wildman–Crippen LogP) is 0.885. The molecule has 0 fully saturated rings. The van der Waals surface area contributed by atoms with E-state index in [0.29, 0.717) is 22.4 Å². The third kappa shape index (κ3) is 3.28. The fourth-order valence-electron chi connectivity index (χ4n) is 2.69. The first kappa shape index (κ1) is 16.8. The number of rotatable bonds is 4. The standard InChI is InChI=1S/C17H20N6O2/c1-11-18-13-8-6-5-7-12(13)16(25)23(11)10-15(24)19-17(2,3)14-9-22(4)21-20-14/h5-9H,10H2,1-4H3,(H,19,24). The molecule has 1 amide bonds. The number of benzene rings is 1. The third-order valence-corrected chi connectivity index (χ3v) is 4.05. The number of carbonyl (C=O) groups excluding carboxylic acids is 1. The van der Waals surface area contributed by atoms with E-state index in [2.05, 4.69) is 20.6 Å². The van der Waals surface area contributed by atoms with Crippen molar-refractivity contribution >= 4 is 16.8 Å². The molecule has 0 aliphatic heterocycles. The lowest BCUT2D eigenvalue weighted by atomic mass is 10.0. The highest BCUT2D eigenvalue weighted by Gasteiger charge is 2.26. The van der Waals surface area contributed by atoms with Gasteiger partial charge in [0.2, 0.25) is 5.91 Å². The molecule has 0 bridgehead atoms. The SMILES string of the molecule is Cc1nc2ccccc2c(=O)n1CC(=O)NC(C)(C)c1cn(C)nn1. The number of carbonyl (C=O) groups is 1. The molecule has 8 heteroatoms. The molecule has 0 saturated carbocycles. The van der Waals surface area contributed by atoms with Gasteiger partial charge in [0, 0.05) is 7.05 Å². The number of nitrogens with zero attached hydrogens (tertiary/aromatic N) is 5. The molecule has 0 unspecified atom stereocenters. The van der Waals surface area contributed by atoms with Crippen molar-refractivity contribution in [2.45, 2.75) is 32.9 Å². The lowest BCUT2D eigenvalue weighted by Crippen LogP contribution is -2.44. The van der Waals surface area contributed by atoms with Gasteiger partial charge in [0.25, 0.3) is 5.56 Å².